The number of amides is 1. The molecule has 0 aromatic heterocycles. The third kappa shape index (κ3) is 4.35. The Kier molecular flexibility index (Phi) is 5.80. The summed E-state index contributed by atoms with van der Waals surface area (Å²) in [5.41, 5.74) is 9.34. The Hall–Kier alpha value is -3.20. The molecule has 158 valence electrons. The zero-order valence-corrected chi connectivity index (χ0v) is 17.0. The minimum absolute atomic E-state index is 0.00508. The van der Waals surface area contributed by atoms with Crippen molar-refractivity contribution in [2.75, 3.05) is 39.3 Å². The molecule has 30 heavy (non-hydrogen) atoms. The molecule has 3 heterocycles. The van der Waals surface area contributed by atoms with Gasteiger partial charge in [-0.2, -0.15) is 0 Å². The van der Waals surface area contributed by atoms with E-state index >= 15 is 0 Å². The van der Waals surface area contributed by atoms with E-state index in [0.717, 1.165) is 35.8 Å². The Balaban J connectivity index is 1.33. The van der Waals surface area contributed by atoms with Gasteiger partial charge in [0.25, 0.3) is 6.02 Å². The highest BCUT2D eigenvalue weighted by Crippen LogP contribution is 2.21. The summed E-state index contributed by atoms with van der Waals surface area (Å²) in [5, 5.41) is 10.6. The highest BCUT2D eigenvalue weighted by molar-refractivity contribution is 6.17. The second-order valence-electron chi connectivity index (χ2n) is 7.56. The number of rotatable bonds is 4. The number of aliphatic imine (C=N–C) groups is 2. The third-order valence-electron chi connectivity index (χ3n) is 5.59. The molecule has 4 N–H and O–H groups in total. The average Bonchev–Trinajstić information content (AvgIpc) is 3.16. The van der Waals surface area contributed by atoms with Gasteiger partial charge >= 0.3 is 0 Å². The van der Waals surface area contributed by atoms with Gasteiger partial charge in [-0.1, -0.05) is 6.08 Å². The number of fused-ring (bicyclic) bond motifs is 1. The van der Waals surface area contributed by atoms with E-state index in [-0.39, 0.29) is 30.6 Å². The molecule has 2 unspecified atom stereocenters. The summed E-state index contributed by atoms with van der Waals surface area (Å²) in [6.07, 6.45) is 11.7. The van der Waals surface area contributed by atoms with Crippen molar-refractivity contribution >= 4 is 23.4 Å². The minimum atomic E-state index is -0.116. The lowest BCUT2D eigenvalue weighted by Gasteiger charge is -2.36. The summed E-state index contributed by atoms with van der Waals surface area (Å²) < 4.78 is 5.37. The smallest absolute Gasteiger partial charge is 0.283 e. The summed E-state index contributed by atoms with van der Waals surface area (Å²) in [7, 11) is 0. The van der Waals surface area contributed by atoms with Crippen LogP contribution in [0.1, 0.15) is 6.92 Å². The summed E-state index contributed by atoms with van der Waals surface area (Å²) in [4.78, 5) is 25.0. The summed E-state index contributed by atoms with van der Waals surface area (Å²) in [6.45, 7) is 5.58. The van der Waals surface area contributed by atoms with Crippen LogP contribution >= 0.6 is 0 Å². The molecule has 2 fully saturated rings. The summed E-state index contributed by atoms with van der Waals surface area (Å²) >= 11 is 0. The van der Waals surface area contributed by atoms with Crippen LogP contribution in [0.2, 0.25) is 0 Å². The standard InChI is InChI=1S/C21H27N7O2/c1-14(27-6-8-28(9-7-27)20(29)11-22)12-24-16-3-4-17(25-13-16)15-2-5-19-18(10-15)26-21(23)30-19/h2-5,10,12,18-19H,6-9,11,13,22H2,1H3,(H2,23,26)/b14-12+,24-16?. The van der Waals surface area contributed by atoms with Crippen LogP contribution in [0.4, 0.5) is 0 Å². The Morgan fingerprint density at radius 1 is 1.33 bits per heavy atom. The summed E-state index contributed by atoms with van der Waals surface area (Å²) in [6, 6.07) is 0.0899. The first-order valence-corrected chi connectivity index (χ1v) is 10.1. The number of dihydropyridines is 1. The molecule has 3 aliphatic heterocycles. The Bertz CT molecular complexity index is 904. The van der Waals surface area contributed by atoms with Crippen molar-refractivity contribution in [2.45, 2.75) is 19.1 Å². The van der Waals surface area contributed by atoms with Gasteiger partial charge in [-0.05, 0) is 36.8 Å². The Morgan fingerprint density at radius 2 is 2.10 bits per heavy atom. The molecule has 0 bridgehead atoms. The molecule has 9 nitrogen and oxygen atoms in total. The monoisotopic (exact) mass is 409 g/mol. The van der Waals surface area contributed by atoms with Crippen molar-refractivity contribution in [3.05, 3.63) is 47.9 Å². The predicted molar refractivity (Wildman–Crippen MR) is 117 cm³/mol. The molecule has 1 aliphatic carbocycles. The maximum Gasteiger partial charge on any atom is 0.283 e. The number of carbonyl (C=O) groups excluding carboxylic acids is 1. The molecule has 0 radical (unpaired) electrons. The Morgan fingerprint density at radius 3 is 2.80 bits per heavy atom. The van der Waals surface area contributed by atoms with Crippen molar-refractivity contribution in [1.29, 1.82) is 5.41 Å². The quantitative estimate of drug-likeness (QED) is 0.612. The van der Waals surface area contributed by atoms with E-state index in [1.807, 2.05) is 42.3 Å². The normalized spacial score (nSPS) is 27.5. The first-order chi connectivity index (χ1) is 14.5. The second-order valence-corrected chi connectivity index (χ2v) is 7.56. The minimum Gasteiger partial charge on any atom is -0.455 e. The molecular weight excluding hydrogens is 382 g/mol. The number of piperazine rings is 1. The van der Waals surface area contributed by atoms with Crippen LogP contribution in [0.5, 0.6) is 0 Å². The van der Waals surface area contributed by atoms with E-state index in [9.17, 15) is 4.79 Å². The third-order valence-corrected chi connectivity index (χ3v) is 5.59. The lowest BCUT2D eigenvalue weighted by Crippen LogP contribution is -2.49. The average molecular weight is 409 g/mol. The number of nitrogens with two attached hydrogens (primary N) is 1. The van der Waals surface area contributed by atoms with Gasteiger partial charge < -0.3 is 25.6 Å². The van der Waals surface area contributed by atoms with E-state index in [2.05, 4.69) is 26.3 Å². The number of hydrogen-bond donors (Lipinski definition) is 3. The van der Waals surface area contributed by atoms with Crippen molar-refractivity contribution in [3.63, 3.8) is 0 Å². The van der Waals surface area contributed by atoms with Gasteiger partial charge in [-0.3, -0.25) is 20.2 Å². The highest BCUT2D eigenvalue weighted by Gasteiger charge is 2.31. The molecule has 0 aromatic carbocycles. The first-order valence-electron chi connectivity index (χ1n) is 10.1. The fourth-order valence-corrected chi connectivity index (χ4v) is 3.80. The van der Waals surface area contributed by atoms with E-state index in [0.29, 0.717) is 19.6 Å². The first kappa shape index (κ1) is 20.1. The van der Waals surface area contributed by atoms with Gasteiger partial charge in [0.15, 0.2) is 0 Å². The molecule has 1 amide bonds. The maximum atomic E-state index is 11.7. The second kappa shape index (κ2) is 8.66. The zero-order chi connectivity index (χ0) is 21.1. The Labute approximate surface area is 175 Å². The van der Waals surface area contributed by atoms with Crippen molar-refractivity contribution in [2.24, 2.45) is 15.7 Å². The number of nitrogens with zero attached hydrogens (tertiary/aromatic N) is 4. The van der Waals surface area contributed by atoms with Crippen LogP contribution in [0.25, 0.3) is 0 Å². The van der Waals surface area contributed by atoms with E-state index in [1.165, 1.54) is 0 Å². The van der Waals surface area contributed by atoms with Crippen LogP contribution in [0.15, 0.2) is 57.8 Å². The van der Waals surface area contributed by atoms with Crippen LogP contribution in [-0.2, 0) is 9.53 Å². The number of allylic oxidation sites excluding steroid dienone is 4. The van der Waals surface area contributed by atoms with E-state index in [4.69, 9.17) is 15.9 Å². The number of hydrogen-bond acceptors (Lipinski definition) is 7. The molecular formula is C21H27N7O2. The van der Waals surface area contributed by atoms with Crippen LogP contribution < -0.4 is 11.1 Å². The molecule has 0 spiro atoms. The molecule has 0 aromatic rings. The number of ether oxygens (including phenoxy) is 1. The number of amidine groups is 1. The van der Waals surface area contributed by atoms with Gasteiger partial charge in [-0.25, -0.2) is 0 Å². The van der Waals surface area contributed by atoms with Gasteiger partial charge in [0.05, 0.1) is 30.6 Å². The SMILES string of the molecule is C/C(=C\N=C1C=CC(C2=CC3NC(=N)OC3C=C2)=NC1)N1CCN(C(=O)CN)CC1. The van der Waals surface area contributed by atoms with Crippen LogP contribution in [0.3, 0.4) is 0 Å². The van der Waals surface area contributed by atoms with Crippen molar-refractivity contribution in [3.8, 4) is 0 Å². The summed E-state index contributed by atoms with van der Waals surface area (Å²) in [5.74, 6) is 0.00508. The van der Waals surface area contributed by atoms with Crippen molar-refractivity contribution < 1.29 is 9.53 Å². The fraction of sp³-hybridized carbons (Fsp3) is 0.429. The zero-order valence-electron chi connectivity index (χ0n) is 17.0. The fourth-order valence-electron chi connectivity index (χ4n) is 3.80. The topological polar surface area (TPSA) is 119 Å². The van der Waals surface area contributed by atoms with E-state index in [1.54, 1.807) is 0 Å². The van der Waals surface area contributed by atoms with Crippen LogP contribution in [0, 0.1) is 5.41 Å². The molecule has 2 saturated heterocycles. The lowest BCUT2D eigenvalue weighted by molar-refractivity contribution is -0.131. The lowest BCUT2D eigenvalue weighted by atomic mass is 9.96. The van der Waals surface area contributed by atoms with Gasteiger partial charge in [0, 0.05) is 38.1 Å². The highest BCUT2D eigenvalue weighted by atomic mass is 16.5. The molecule has 9 heteroatoms. The van der Waals surface area contributed by atoms with Crippen LogP contribution in [-0.4, -0.2) is 84.6 Å². The molecule has 2 atom stereocenters. The van der Waals surface area contributed by atoms with E-state index < -0.39 is 0 Å². The maximum absolute atomic E-state index is 11.7. The number of nitrogens with one attached hydrogen (secondary N) is 2. The molecule has 4 rings (SSSR count). The van der Waals surface area contributed by atoms with Crippen molar-refractivity contribution in [1.82, 2.24) is 15.1 Å². The van der Waals surface area contributed by atoms with Gasteiger partial charge in [0.1, 0.15) is 6.10 Å². The number of carbonyl (C=O) groups is 1. The largest absolute Gasteiger partial charge is 0.455 e. The molecule has 4 aliphatic rings. The van der Waals surface area contributed by atoms with Gasteiger partial charge in [-0.15, -0.1) is 0 Å². The van der Waals surface area contributed by atoms with Gasteiger partial charge in [0.2, 0.25) is 5.91 Å². The molecule has 0 saturated carbocycles. The predicted octanol–water partition coefficient (Wildman–Crippen LogP) is 0.190.